The van der Waals surface area contributed by atoms with Gasteiger partial charge in [0.2, 0.25) is 0 Å². The van der Waals surface area contributed by atoms with Gasteiger partial charge < -0.3 is 10.5 Å². The molecule has 0 aliphatic heterocycles. The summed E-state index contributed by atoms with van der Waals surface area (Å²) in [6.45, 7) is 0.391. The fraction of sp³-hybridized carbons (Fsp3) is 0.250. The maximum absolute atomic E-state index is 5.84. The third-order valence-corrected chi connectivity index (χ3v) is 2.24. The molecule has 2 heterocycles. The van der Waals surface area contributed by atoms with Crippen molar-refractivity contribution in [1.29, 1.82) is 0 Å². The highest BCUT2D eigenvalue weighted by molar-refractivity contribution is 6.33. The van der Waals surface area contributed by atoms with Crippen molar-refractivity contribution in [3.8, 4) is 0 Å². The van der Waals surface area contributed by atoms with Crippen LogP contribution in [0.1, 0.15) is 5.82 Å². The summed E-state index contributed by atoms with van der Waals surface area (Å²) in [7, 11) is 1.60. The molecule has 0 aliphatic rings. The highest BCUT2D eigenvalue weighted by Crippen LogP contribution is 2.22. The highest BCUT2D eigenvalue weighted by Gasteiger charge is 2.09. The molecule has 0 bridgehead atoms. The quantitative estimate of drug-likeness (QED) is 0.810. The van der Waals surface area contributed by atoms with E-state index in [9.17, 15) is 0 Å². The summed E-state index contributed by atoms with van der Waals surface area (Å²) in [6.07, 6.45) is 1.77. The van der Waals surface area contributed by atoms with E-state index < -0.39 is 0 Å². The summed E-state index contributed by atoms with van der Waals surface area (Å²) in [6, 6.07) is 1.70. The third kappa shape index (κ3) is 1.30. The van der Waals surface area contributed by atoms with E-state index in [-0.39, 0.29) is 0 Å². The summed E-state index contributed by atoms with van der Waals surface area (Å²) in [4.78, 5) is 0. The van der Waals surface area contributed by atoms with Crippen LogP contribution in [0, 0.1) is 0 Å². The number of nitrogens with two attached hydrogens (primary N) is 1. The Labute approximate surface area is 85.4 Å². The molecule has 14 heavy (non-hydrogen) atoms. The monoisotopic (exact) mass is 212 g/mol. The molecule has 5 nitrogen and oxygen atoms in total. The molecule has 0 spiro atoms. The van der Waals surface area contributed by atoms with Crippen LogP contribution >= 0.6 is 11.6 Å². The van der Waals surface area contributed by atoms with Gasteiger partial charge in [0, 0.05) is 13.3 Å². The predicted molar refractivity (Wildman–Crippen MR) is 53.1 cm³/mol. The zero-order valence-corrected chi connectivity index (χ0v) is 8.32. The highest BCUT2D eigenvalue weighted by atomic mass is 35.5. The molecule has 74 valence electrons. The van der Waals surface area contributed by atoms with Crippen LogP contribution in [-0.2, 0) is 11.3 Å². The number of halogens is 1. The standard InChI is InChI=1S/C8H9ClN4O/c1-14-4-6-11-12-8-7(10)5(9)2-3-13(6)8/h2-3H,4,10H2,1H3. The SMILES string of the molecule is COCc1nnc2c(N)c(Cl)ccn12. The van der Waals surface area contributed by atoms with Crippen LogP contribution in [-0.4, -0.2) is 21.7 Å². The number of nitrogens with zero attached hydrogens (tertiary/aromatic N) is 3. The summed E-state index contributed by atoms with van der Waals surface area (Å²) in [5, 5.41) is 8.34. The van der Waals surface area contributed by atoms with E-state index in [1.807, 2.05) is 0 Å². The van der Waals surface area contributed by atoms with E-state index in [0.29, 0.717) is 28.8 Å². The zero-order chi connectivity index (χ0) is 10.1. The number of fused-ring (bicyclic) bond motifs is 1. The lowest BCUT2D eigenvalue weighted by Crippen LogP contribution is -1.98. The molecule has 0 saturated heterocycles. The van der Waals surface area contributed by atoms with Crippen molar-refractivity contribution in [2.75, 3.05) is 12.8 Å². The Balaban J connectivity index is 2.64. The Morgan fingerprint density at radius 2 is 2.36 bits per heavy atom. The van der Waals surface area contributed by atoms with Crippen molar-refractivity contribution in [2.45, 2.75) is 6.61 Å². The number of rotatable bonds is 2. The molecule has 0 fully saturated rings. The molecule has 2 rings (SSSR count). The van der Waals surface area contributed by atoms with Gasteiger partial charge in [0.05, 0.1) is 10.7 Å². The third-order valence-electron chi connectivity index (χ3n) is 1.91. The van der Waals surface area contributed by atoms with E-state index in [1.54, 1.807) is 23.8 Å². The number of hydrogen-bond acceptors (Lipinski definition) is 4. The normalized spacial score (nSPS) is 11.0. The first kappa shape index (κ1) is 9.23. The van der Waals surface area contributed by atoms with Crippen LogP contribution in [0.5, 0.6) is 0 Å². The molecule has 0 atom stereocenters. The Hall–Kier alpha value is -1.33. The number of aromatic nitrogens is 3. The summed E-state index contributed by atoms with van der Waals surface area (Å²) in [5.74, 6) is 0.700. The molecule has 0 amide bonds. The van der Waals surface area contributed by atoms with E-state index in [4.69, 9.17) is 22.1 Å². The molecule has 0 aliphatic carbocycles. The van der Waals surface area contributed by atoms with Gasteiger partial charge in [-0.2, -0.15) is 0 Å². The molecule has 2 N–H and O–H groups in total. The van der Waals surface area contributed by atoms with Gasteiger partial charge in [0.15, 0.2) is 11.5 Å². The summed E-state index contributed by atoms with van der Waals surface area (Å²) < 4.78 is 6.72. The van der Waals surface area contributed by atoms with Crippen LogP contribution in [0.15, 0.2) is 12.3 Å². The zero-order valence-electron chi connectivity index (χ0n) is 7.57. The second-order valence-corrected chi connectivity index (χ2v) is 3.23. The van der Waals surface area contributed by atoms with Gasteiger partial charge in [-0.1, -0.05) is 11.6 Å². The number of nitrogen functional groups attached to an aromatic ring is 1. The van der Waals surface area contributed by atoms with E-state index in [0.717, 1.165) is 0 Å². The molecule has 0 unspecified atom stereocenters. The largest absolute Gasteiger partial charge is 0.394 e. The maximum atomic E-state index is 5.84. The van der Waals surface area contributed by atoms with E-state index in [1.165, 1.54) is 0 Å². The van der Waals surface area contributed by atoms with Gasteiger partial charge in [-0.3, -0.25) is 4.40 Å². The van der Waals surface area contributed by atoms with Crippen LogP contribution in [0.25, 0.3) is 5.65 Å². The van der Waals surface area contributed by atoms with Crippen LogP contribution in [0.4, 0.5) is 5.69 Å². The molecule has 2 aromatic rings. The van der Waals surface area contributed by atoms with Gasteiger partial charge in [-0.05, 0) is 6.07 Å². The molecule has 0 radical (unpaired) electrons. The van der Waals surface area contributed by atoms with Crippen molar-refractivity contribution >= 4 is 22.9 Å². The Morgan fingerprint density at radius 3 is 3.07 bits per heavy atom. The second kappa shape index (κ2) is 3.43. The smallest absolute Gasteiger partial charge is 0.185 e. The fourth-order valence-electron chi connectivity index (χ4n) is 1.23. The van der Waals surface area contributed by atoms with Gasteiger partial charge in [0.25, 0.3) is 0 Å². The van der Waals surface area contributed by atoms with Crippen molar-refractivity contribution < 1.29 is 4.74 Å². The van der Waals surface area contributed by atoms with Gasteiger partial charge in [-0.25, -0.2) is 0 Å². The average Bonchev–Trinajstić information content (AvgIpc) is 2.57. The maximum Gasteiger partial charge on any atom is 0.185 e. The summed E-state index contributed by atoms with van der Waals surface area (Å²) in [5.41, 5.74) is 6.73. The molecular formula is C8H9ClN4O. The minimum absolute atomic E-state index is 0.391. The first-order valence-corrected chi connectivity index (χ1v) is 4.38. The number of hydrogen-bond donors (Lipinski definition) is 1. The number of ether oxygens (including phenoxy) is 1. The van der Waals surface area contributed by atoms with Crippen molar-refractivity contribution in [3.63, 3.8) is 0 Å². The van der Waals surface area contributed by atoms with Crippen molar-refractivity contribution in [3.05, 3.63) is 23.1 Å². The van der Waals surface area contributed by atoms with Crippen molar-refractivity contribution in [1.82, 2.24) is 14.6 Å². The molecule has 6 heteroatoms. The van der Waals surface area contributed by atoms with Gasteiger partial charge >= 0.3 is 0 Å². The van der Waals surface area contributed by atoms with Crippen LogP contribution < -0.4 is 5.73 Å². The lowest BCUT2D eigenvalue weighted by atomic mass is 10.4. The number of methoxy groups -OCH3 is 1. The molecule has 2 aromatic heterocycles. The average molecular weight is 213 g/mol. The number of anilines is 1. The van der Waals surface area contributed by atoms with Crippen molar-refractivity contribution in [2.24, 2.45) is 0 Å². The summed E-state index contributed by atoms with van der Waals surface area (Å²) >= 11 is 5.84. The minimum atomic E-state index is 0.391. The first-order chi connectivity index (χ1) is 6.74. The molecule has 0 saturated carbocycles. The van der Waals surface area contributed by atoms with Gasteiger partial charge in [0.1, 0.15) is 6.61 Å². The Kier molecular flexibility index (Phi) is 2.26. The van der Waals surface area contributed by atoms with Gasteiger partial charge in [-0.15, -0.1) is 10.2 Å². The topological polar surface area (TPSA) is 65.4 Å². The number of pyridine rings is 1. The Morgan fingerprint density at radius 1 is 1.57 bits per heavy atom. The van der Waals surface area contributed by atoms with Crippen LogP contribution in [0.2, 0.25) is 5.02 Å². The second-order valence-electron chi connectivity index (χ2n) is 2.82. The first-order valence-electron chi connectivity index (χ1n) is 4.00. The Bertz CT molecular complexity index is 468. The van der Waals surface area contributed by atoms with Crippen LogP contribution in [0.3, 0.4) is 0 Å². The molecule has 0 aromatic carbocycles. The fourth-order valence-corrected chi connectivity index (χ4v) is 1.37. The lowest BCUT2D eigenvalue weighted by molar-refractivity contribution is 0.177. The van der Waals surface area contributed by atoms with E-state index in [2.05, 4.69) is 10.2 Å². The van der Waals surface area contributed by atoms with E-state index >= 15 is 0 Å². The molecular weight excluding hydrogens is 204 g/mol. The predicted octanol–water partition coefficient (Wildman–Crippen LogP) is 1.11. The minimum Gasteiger partial charge on any atom is -0.394 e. The lowest BCUT2D eigenvalue weighted by Gasteiger charge is -2.01.